The maximum Gasteiger partial charge on any atom is 0.191 e. The number of piperazine rings is 1. The average molecular weight is 489 g/mol. The van der Waals surface area contributed by atoms with E-state index in [-0.39, 0.29) is 35.2 Å². The first-order valence-corrected chi connectivity index (χ1v) is 9.29. The van der Waals surface area contributed by atoms with Crippen LogP contribution in [0.4, 0.5) is 9.52 Å². The quantitative estimate of drug-likeness (QED) is 0.407. The summed E-state index contributed by atoms with van der Waals surface area (Å²) < 4.78 is 13.5. The van der Waals surface area contributed by atoms with Gasteiger partial charge in [0.05, 0.1) is 6.54 Å². The molecule has 8 heteroatoms. The Morgan fingerprint density at radius 1 is 1.31 bits per heavy atom. The van der Waals surface area contributed by atoms with E-state index in [4.69, 9.17) is 5.73 Å². The molecular formula is C18H25FIN5S. The number of nitrogens with zero attached hydrogens (tertiary/aromatic N) is 4. The summed E-state index contributed by atoms with van der Waals surface area (Å²) in [5.41, 5.74) is 6.86. The normalized spacial score (nSPS) is 15.7. The molecule has 3 rings (SSSR count). The predicted molar refractivity (Wildman–Crippen MR) is 117 cm³/mol. The summed E-state index contributed by atoms with van der Waals surface area (Å²) >= 11 is 1.66. The molecule has 1 aromatic heterocycles. The number of thiazole rings is 1. The lowest BCUT2D eigenvalue weighted by Crippen LogP contribution is -2.51. The number of hydrogen-bond donors (Lipinski definition) is 1. The summed E-state index contributed by atoms with van der Waals surface area (Å²) in [6.45, 7) is 8.06. The van der Waals surface area contributed by atoms with Gasteiger partial charge in [-0.25, -0.2) is 9.37 Å². The minimum Gasteiger partial charge on any atom is -0.370 e. The van der Waals surface area contributed by atoms with Crippen LogP contribution in [0.1, 0.15) is 19.4 Å². The Bertz CT molecular complexity index is 727. The van der Waals surface area contributed by atoms with Crippen LogP contribution in [-0.4, -0.2) is 48.6 Å². The molecule has 0 amide bonds. The van der Waals surface area contributed by atoms with Crippen LogP contribution < -0.4 is 10.6 Å². The average Bonchev–Trinajstić information content (AvgIpc) is 3.14. The zero-order valence-corrected chi connectivity index (χ0v) is 18.2. The second-order valence-corrected chi connectivity index (χ2v) is 7.73. The molecule has 0 aliphatic carbocycles. The van der Waals surface area contributed by atoms with Crippen molar-refractivity contribution in [3.05, 3.63) is 47.2 Å². The van der Waals surface area contributed by atoms with Crippen molar-refractivity contribution >= 4 is 46.4 Å². The smallest absolute Gasteiger partial charge is 0.191 e. The van der Waals surface area contributed by atoms with Gasteiger partial charge in [-0.15, -0.1) is 35.3 Å². The Kier molecular flexibility index (Phi) is 7.22. The van der Waals surface area contributed by atoms with E-state index in [1.165, 1.54) is 6.07 Å². The van der Waals surface area contributed by atoms with Crippen molar-refractivity contribution in [2.75, 3.05) is 37.6 Å². The van der Waals surface area contributed by atoms with E-state index in [9.17, 15) is 4.39 Å². The molecule has 5 nitrogen and oxygen atoms in total. The number of anilines is 1. The number of aliphatic imine (C=N–C) groups is 1. The summed E-state index contributed by atoms with van der Waals surface area (Å²) in [4.78, 5) is 13.3. The predicted octanol–water partition coefficient (Wildman–Crippen LogP) is 3.31. The molecule has 26 heavy (non-hydrogen) atoms. The highest BCUT2D eigenvalue weighted by molar-refractivity contribution is 14.0. The number of aromatic nitrogens is 1. The van der Waals surface area contributed by atoms with Crippen LogP contribution in [0.5, 0.6) is 0 Å². The minimum absolute atomic E-state index is 0. The third-order valence-corrected chi connectivity index (χ3v) is 5.37. The van der Waals surface area contributed by atoms with Gasteiger partial charge in [-0.2, -0.15) is 0 Å². The topological polar surface area (TPSA) is 57.8 Å². The Balaban J connectivity index is 0.00000243. The molecule has 1 aromatic carbocycles. The fourth-order valence-electron chi connectivity index (χ4n) is 2.88. The van der Waals surface area contributed by atoms with E-state index in [1.54, 1.807) is 23.5 Å². The molecule has 142 valence electrons. The van der Waals surface area contributed by atoms with Crippen molar-refractivity contribution in [2.24, 2.45) is 10.7 Å². The molecule has 2 heterocycles. The van der Waals surface area contributed by atoms with Crippen LogP contribution in [0.3, 0.4) is 0 Å². The van der Waals surface area contributed by atoms with Crippen LogP contribution in [0, 0.1) is 5.82 Å². The van der Waals surface area contributed by atoms with E-state index >= 15 is 0 Å². The molecule has 2 aromatic rings. The highest BCUT2D eigenvalue weighted by Crippen LogP contribution is 2.24. The van der Waals surface area contributed by atoms with Crippen LogP contribution >= 0.6 is 35.3 Å². The Morgan fingerprint density at radius 2 is 2.04 bits per heavy atom. The van der Waals surface area contributed by atoms with Crippen molar-refractivity contribution in [3.8, 4) is 0 Å². The SMILES string of the molecule is CC(C)(CN=C(N)N1CCN(c2nccs2)CC1)c1cccc(F)c1.I. The van der Waals surface area contributed by atoms with E-state index in [0.717, 1.165) is 36.9 Å². The van der Waals surface area contributed by atoms with Gasteiger partial charge in [-0.3, -0.25) is 4.99 Å². The number of nitrogens with two attached hydrogens (primary N) is 1. The van der Waals surface area contributed by atoms with Crippen molar-refractivity contribution < 1.29 is 4.39 Å². The molecule has 1 fully saturated rings. The number of benzene rings is 1. The molecule has 0 spiro atoms. The van der Waals surface area contributed by atoms with Crippen molar-refractivity contribution in [1.29, 1.82) is 0 Å². The fraction of sp³-hybridized carbons (Fsp3) is 0.444. The molecular weight excluding hydrogens is 464 g/mol. The van der Waals surface area contributed by atoms with Crippen LogP contribution in [0.2, 0.25) is 0 Å². The molecule has 0 saturated carbocycles. The largest absolute Gasteiger partial charge is 0.370 e. The van der Waals surface area contributed by atoms with Crippen molar-refractivity contribution in [3.63, 3.8) is 0 Å². The number of rotatable bonds is 4. The highest BCUT2D eigenvalue weighted by atomic mass is 127. The van der Waals surface area contributed by atoms with Crippen LogP contribution in [-0.2, 0) is 5.41 Å². The zero-order valence-electron chi connectivity index (χ0n) is 15.1. The second-order valence-electron chi connectivity index (χ2n) is 6.86. The van der Waals surface area contributed by atoms with Gasteiger partial charge in [-0.1, -0.05) is 26.0 Å². The molecule has 0 unspecified atom stereocenters. The standard InChI is InChI=1S/C18H24FN5S.HI/c1-18(2,14-4-3-5-15(19)12-14)13-22-16(20)23-7-9-24(10-8-23)17-21-6-11-25-17;/h3-6,11-12H,7-10,13H2,1-2H3,(H2,20,22);1H. The highest BCUT2D eigenvalue weighted by Gasteiger charge is 2.23. The molecule has 1 aliphatic heterocycles. The molecule has 0 atom stereocenters. The number of hydrogen-bond acceptors (Lipinski definition) is 4. The molecule has 1 aliphatic rings. The van der Waals surface area contributed by atoms with Gasteiger partial charge in [0.1, 0.15) is 5.82 Å². The summed E-state index contributed by atoms with van der Waals surface area (Å²) in [5.74, 6) is 0.337. The van der Waals surface area contributed by atoms with Gasteiger partial charge in [0.15, 0.2) is 11.1 Å². The maximum atomic E-state index is 13.5. The van der Waals surface area contributed by atoms with Crippen molar-refractivity contribution in [2.45, 2.75) is 19.3 Å². The zero-order chi connectivity index (χ0) is 17.9. The summed E-state index contributed by atoms with van der Waals surface area (Å²) in [6.07, 6.45) is 1.83. The first-order valence-electron chi connectivity index (χ1n) is 8.41. The van der Waals surface area contributed by atoms with Crippen molar-refractivity contribution in [1.82, 2.24) is 9.88 Å². The Hall–Kier alpha value is -1.42. The third kappa shape index (κ3) is 5.06. The van der Waals surface area contributed by atoms with E-state index in [1.807, 2.05) is 17.6 Å². The van der Waals surface area contributed by atoms with Crippen LogP contribution in [0.15, 0.2) is 40.8 Å². The number of guanidine groups is 1. The maximum absolute atomic E-state index is 13.5. The van der Waals surface area contributed by atoms with E-state index in [2.05, 4.69) is 33.6 Å². The molecule has 2 N–H and O–H groups in total. The van der Waals surface area contributed by atoms with Gasteiger partial charge in [-0.05, 0) is 17.7 Å². The van der Waals surface area contributed by atoms with E-state index in [0.29, 0.717) is 12.5 Å². The van der Waals surface area contributed by atoms with Crippen LogP contribution in [0.25, 0.3) is 0 Å². The van der Waals surface area contributed by atoms with Gasteiger partial charge >= 0.3 is 0 Å². The summed E-state index contributed by atoms with van der Waals surface area (Å²) in [5, 5.41) is 3.05. The van der Waals surface area contributed by atoms with Gasteiger partial charge < -0.3 is 15.5 Å². The van der Waals surface area contributed by atoms with E-state index < -0.39 is 0 Å². The van der Waals surface area contributed by atoms with Gasteiger partial charge in [0.25, 0.3) is 0 Å². The monoisotopic (exact) mass is 489 g/mol. The molecule has 0 bridgehead atoms. The lowest BCUT2D eigenvalue weighted by Gasteiger charge is -2.35. The minimum atomic E-state index is -0.268. The number of halogens is 2. The summed E-state index contributed by atoms with van der Waals surface area (Å²) in [6, 6.07) is 6.69. The lowest BCUT2D eigenvalue weighted by atomic mass is 9.85. The second kappa shape index (κ2) is 8.98. The molecule has 1 saturated heterocycles. The summed E-state index contributed by atoms with van der Waals surface area (Å²) in [7, 11) is 0. The first kappa shape index (κ1) is 20.9. The Morgan fingerprint density at radius 3 is 2.65 bits per heavy atom. The third-order valence-electron chi connectivity index (χ3n) is 4.54. The lowest BCUT2D eigenvalue weighted by molar-refractivity contribution is 0.378. The molecule has 0 radical (unpaired) electrons. The first-order chi connectivity index (χ1) is 12.0. The Labute approximate surface area is 175 Å². The van der Waals surface area contributed by atoms with Gasteiger partial charge in [0.2, 0.25) is 0 Å². The fourth-order valence-corrected chi connectivity index (χ4v) is 3.58. The van der Waals surface area contributed by atoms with Gasteiger partial charge in [0, 0.05) is 43.2 Å².